The SMILES string of the molecule is C=C(CCCCCCCCCCCCC)OC. The number of rotatable bonds is 13. The van der Waals surface area contributed by atoms with Gasteiger partial charge in [-0.3, -0.25) is 0 Å². The third-order valence-electron chi connectivity index (χ3n) is 3.35. The molecule has 0 atom stereocenters. The molecule has 17 heavy (non-hydrogen) atoms. The maximum atomic E-state index is 5.05. The Morgan fingerprint density at radius 2 is 1.18 bits per heavy atom. The maximum absolute atomic E-state index is 5.05. The van der Waals surface area contributed by atoms with E-state index in [-0.39, 0.29) is 0 Å². The van der Waals surface area contributed by atoms with Crippen molar-refractivity contribution in [1.82, 2.24) is 0 Å². The predicted molar refractivity (Wildman–Crippen MR) is 77.2 cm³/mol. The minimum atomic E-state index is 0.931. The number of hydrogen-bond acceptors (Lipinski definition) is 1. The summed E-state index contributed by atoms with van der Waals surface area (Å²) in [6.45, 7) is 6.11. The van der Waals surface area contributed by atoms with Crippen LogP contribution in [-0.2, 0) is 4.74 Å². The van der Waals surface area contributed by atoms with Crippen molar-refractivity contribution in [2.45, 2.75) is 84.0 Å². The second kappa shape index (κ2) is 13.6. The summed E-state index contributed by atoms with van der Waals surface area (Å²) in [5.41, 5.74) is 0. The largest absolute Gasteiger partial charge is 0.502 e. The first-order chi connectivity index (χ1) is 8.31. The molecule has 0 saturated heterocycles. The Labute approximate surface area is 109 Å². The van der Waals surface area contributed by atoms with Gasteiger partial charge in [-0.2, -0.15) is 0 Å². The molecule has 1 nitrogen and oxygen atoms in total. The van der Waals surface area contributed by atoms with Gasteiger partial charge >= 0.3 is 0 Å². The lowest BCUT2D eigenvalue weighted by atomic mass is 10.1. The first-order valence-electron chi connectivity index (χ1n) is 7.53. The molecule has 0 amide bonds. The van der Waals surface area contributed by atoms with Crippen molar-refractivity contribution in [3.05, 3.63) is 12.3 Å². The lowest BCUT2D eigenvalue weighted by Crippen LogP contribution is -1.86. The molecule has 1 heteroatoms. The Morgan fingerprint density at radius 1 is 0.765 bits per heavy atom. The molecule has 0 aromatic carbocycles. The van der Waals surface area contributed by atoms with E-state index >= 15 is 0 Å². The monoisotopic (exact) mass is 240 g/mol. The molecule has 0 unspecified atom stereocenters. The van der Waals surface area contributed by atoms with Gasteiger partial charge in [-0.05, 0) is 6.42 Å². The molecule has 0 aliphatic heterocycles. The van der Waals surface area contributed by atoms with Gasteiger partial charge in [0.05, 0.1) is 12.9 Å². The van der Waals surface area contributed by atoms with E-state index in [1.807, 2.05) is 0 Å². The minimum Gasteiger partial charge on any atom is -0.502 e. The fraction of sp³-hybridized carbons (Fsp3) is 0.875. The Balaban J connectivity index is 2.96. The average Bonchev–Trinajstić information content (AvgIpc) is 2.35. The van der Waals surface area contributed by atoms with Crippen LogP contribution in [-0.4, -0.2) is 7.11 Å². The summed E-state index contributed by atoms with van der Waals surface area (Å²) in [6, 6.07) is 0. The highest BCUT2D eigenvalue weighted by atomic mass is 16.5. The van der Waals surface area contributed by atoms with Crippen molar-refractivity contribution in [1.29, 1.82) is 0 Å². The normalized spacial score (nSPS) is 10.5. The van der Waals surface area contributed by atoms with E-state index < -0.39 is 0 Å². The van der Waals surface area contributed by atoms with Gasteiger partial charge in [0.1, 0.15) is 0 Å². The van der Waals surface area contributed by atoms with Crippen LogP contribution in [0.3, 0.4) is 0 Å². The molecule has 0 heterocycles. The van der Waals surface area contributed by atoms with Crippen LogP contribution in [0.15, 0.2) is 12.3 Å². The third kappa shape index (κ3) is 13.5. The number of ether oxygens (including phenoxy) is 1. The molecular formula is C16H32O. The van der Waals surface area contributed by atoms with Crippen LogP contribution in [0.4, 0.5) is 0 Å². The van der Waals surface area contributed by atoms with Crippen LogP contribution >= 0.6 is 0 Å². The van der Waals surface area contributed by atoms with Crippen LogP contribution in [0.1, 0.15) is 84.0 Å². The van der Waals surface area contributed by atoms with Crippen LogP contribution in [0.2, 0.25) is 0 Å². The average molecular weight is 240 g/mol. The molecular weight excluding hydrogens is 208 g/mol. The Kier molecular flexibility index (Phi) is 13.2. The van der Waals surface area contributed by atoms with E-state index in [0.717, 1.165) is 12.2 Å². The highest BCUT2D eigenvalue weighted by Crippen LogP contribution is 2.13. The zero-order chi connectivity index (χ0) is 12.8. The first kappa shape index (κ1) is 16.5. The molecule has 0 spiro atoms. The predicted octanol–water partition coefficient (Wildman–Crippen LogP) is 5.85. The fourth-order valence-electron chi connectivity index (χ4n) is 2.09. The maximum Gasteiger partial charge on any atom is 0.0883 e. The summed E-state index contributed by atoms with van der Waals surface area (Å²) in [5.74, 6) is 0.931. The standard InChI is InChI=1S/C16H32O/c1-4-5-6-7-8-9-10-11-12-13-14-15-16(2)17-3/h2,4-15H2,1,3H3. The van der Waals surface area contributed by atoms with E-state index in [4.69, 9.17) is 4.74 Å². The number of hydrogen-bond donors (Lipinski definition) is 0. The van der Waals surface area contributed by atoms with Crippen molar-refractivity contribution in [3.63, 3.8) is 0 Å². The zero-order valence-electron chi connectivity index (χ0n) is 12.1. The second-order valence-corrected chi connectivity index (χ2v) is 5.03. The number of methoxy groups -OCH3 is 1. The molecule has 102 valence electrons. The van der Waals surface area contributed by atoms with Gasteiger partial charge in [0.2, 0.25) is 0 Å². The molecule has 0 fully saturated rings. The van der Waals surface area contributed by atoms with Gasteiger partial charge in [-0.25, -0.2) is 0 Å². The summed E-state index contributed by atoms with van der Waals surface area (Å²) >= 11 is 0. The van der Waals surface area contributed by atoms with Crippen LogP contribution in [0.5, 0.6) is 0 Å². The lowest BCUT2D eigenvalue weighted by Gasteiger charge is -2.04. The molecule has 0 bridgehead atoms. The molecule has 0 aliphatic carbocycles. The fourth-order valence-corrected chi connectivity index (χ4v) is 2.09. The van der Waals surface area contributed by atoms with E-state index in [1.54, 1.807) is 7.11 Å². The third-order valence-corrected chi connectivity index (χ3v) is 3.35. The minimum absolute atomic E-state index is 0.931. The van der Waals surface area contributed by atoms with Crippen molar-refractivity contribution in [3.8, 4) is 0 Å². The Morgan fingerprint density at radius 3 is 1.59 bits per heavy atom. The molecule has 0 aromatic heterocycles. The summed E-state index contributed by atoms with van der Waals surface area (Å²) in [6.07, 6.45) is 16.4. The Hall–Kier alpha value is -0.460. The van der Waals surface area contributed by atoms with E-state index in [9.17, 15) is 0 Å². The Bertz CT molecular complexity index is 163. The van der Waals surface area contributed by atoms with Crippen LogP contribution < -0.4 is 0 Å². The number of allylic oxidation sites excluding steroid dienone is 1. The molecule has 0 rings (SSSR count). The molecule has 0 aromatic rings. The van der Waals surface area contributed by atoms with Crippen LogP contribution in [0, 0.1) is 0 Å². The first-order valence-corrected chi connectivity index (χ1v) is 7.53. The van der Waals surface area contributed by atoms with Gasteiger partial charge in [-0.15, -0.1) is 0 Å². The smallest absolute Gasteiger partial charge is 0.0883 e. The van der Waals surface area contributed by atoms with Crippen molar-refractivity contribution in [2.75, 3.05) is 7.11 Å². The topological polar surface area (TPSA) is 9.23 Å². The van der Waals surface area contributed by atoms with E-state index in [2.05, 4.69) is 13.5 Å². The van der Waals surface area contributed by atoms with Crippen LogP contribution in [0.25, 0.3) is 0 Å². The lowest BCUT2D eigenvalue weighted by molar-refractivity contribution is 0.276. The zero-order valence-corrected chi connectivity index (χ0v) is 12.1. The highest BCUT2D eigenvalue weighted by molar-refractivity contribution is 4.80. The highest BCUT2D eigenvalue weighted by Gasteiger charge is 1.94. The molecule has 0 N–H and O–H groups in total. The quantitative estimate of drug-likeness (QED) is 0.290. The van der Waals surface area contributed by atoms with Crippen molar-refractivity contribution in [2.24, 2.45) is 0 Å². The van der Waals surface area contributed by atoms with E-state index in [0.29, 0.717) is 0 Å². The molecule has 0 radical (unpaired) electrons. The summed E-state index contributed by atoms with van der Waals surface area (Å²) in [5, 5.41) is 0. The van der Waals surface area contributed by atoms with Gasteiger partial charge in [0, 0.05) is 6.42 Å². The van der Waals surface area contributed by atoms with Gasteiger partial charge in [-0.1, -0.05) is 77.7 Å². The summed E-state index contributed by atoms with van der Waals surface area (Å²) in [7, 11) is 1.71. The number of unbranched alkanes of at least 4 members (excludes halogenated alkanes) is 10. The van der Waals surface area contributed by atoms with Gasteiger partial charge in [0.15, 0.2) is 0 Å². The molecule has 0 saturated carbocycles. The van der Waals surface area contributed by atoms with Crippen molar-refractivity contribution >= 4 is 0 Å². The second-order valence-electron chi connectivity index (χ2n) is 5.03. The molecule has 0 aliphatic rings. The van der Waals surface area contributed by atoms with Crippen molar-refractivity contribution < 1.29 is 4.74 Å². The van der Waals surface area contributed by atoms with Gasteiger partial charge in [0.25, 0.3) is 0 Å². The van der Waals surface area contributed by atoms with Gasteiger partial charge < -0.3 is 4.74 Å². The summed E-state index contributed by atoms with van der Waals surface area (Å²) in [4.78, 5) is 0. The summed E-state index contributed by atoms with van der Waals surface area (Å²) < 4.78 is 5.05. The van der Waals surface area contributed by atoms with E-state index in [1.165, 1.54) is 70.6 Å².